The second kappa shape index (κ2) is 10.8. The van der Waals surface area contributed by atoms with Crippen LogP contribution >= 0.6 is 15.9 Å². The third-order valence-corrected chi connectivity index (χ3v) is 9.17. The molecular formula is C31H30BrN3O5. The van der Waals surface area contributed by atoms with Crippen LogP contribution in [0.15, 0.2) is 91.0 Å². The van der Waals surface area contributed by atoms with Gasteiger partial charge in [0.2, 0.25) is 17.7 Å². The summed E-state index contributed by atoms with van der Waals surface area (Å²) in [6.07, 6.45) is -0.190. The zero-order valence-electron chi connectivity index (χ0n) is 21.7. The van der Waals surface area contributed by atoms with E-state index in [-0.39, 0.29) is 35.7 Å². The zero-order valence-corrected chi connectivity index (χ0v) is 23.2. The van der Waals surface area contributed by atoms with E-state index in [1.54, 1.807) is 12.1 Å². The van der Waals surface area contributed by atoms with Crippen LogP contribution in [0.3, 0.4) is 0 Å². The third-order valence-electron chi connectivity index (χ3n) is 8.32. The minimum Gasteiger partial charge on any atom is -0.394 e. The number of para-hydroxylation sites is 1. The van der Waals surface area contributed by atoms with Gasteiger partial charge in [-0.2, -0.15) is 0 Å². The lowest BCUT2D eigenvalue weighted by atomic mass is 9.70. The SMILES string of the molecule is O=C(NCc1ccccc1)C1N([C@H](CO)c2ccccc2)C(=O)[C@@H]2[C@H](C(=O)Nc3ccccc3)[C@H]3OC12CC3Br. The first kappa shape index (κ1) is 26.7. The van der Waals surface area contributed by atoms with Gasteiger partial charge in [0.1, 0.15) is 11.6 Å². The number of halogens is 1. The van der Waals surface area contributed by atoms with Crippen molar-refractivity contribution in [2.24, 2.45) is 11.8 Å². The first-order chi connectivity index (χ1) is 19.4. The molecule has 8 nitrogen and oxygen atoms in total. The molecule has 2 bridgehead atoms. The molecule has 3 aliphatic heterocycles. The fraction of sp³-hybridized carbons (Fsp3) is 0.323. The minimum absolute atomic E-state index is 0.225. The summed E-state index contributed by atoms with van der Waals surface area (Å²) in [6.45, 7) is -0.115. The van der Waals surface area contributed by atoms with E-state index in [9.17, 15) is 19.5 Å². The average Bonchev–Trinajstić information content (AvgIpc) is 3.57. The van der Waals surface area contributed by atoms with Crippen LogP contribution in [0.4, 0.5) is 5.69 Å². The number of hydrogen-bond donors (Lipinski definition) is 3. The molecule has 3 saturated heterocycles. The Hall–Kier alpha value is -3.53. The normalized spacial score (nSPS) is 29.2. The van der Waals surface area contributed by atoms with Crippen molar-refractivity contribution in [3.05, 3.63) is 102 Å². The molecule has 6 rings (SSSR count). The lowest BCUT2D eigenvalue weighted by Crippen LogP contribution is -2.56. The number of aliphatic hydroxyl groups excluding tert-OH is 1. The monoisotopic (exact) mass is 603 g/mol. The Bertz CT molecular complexity index is 1390. The number of hydrogen-bond acceptors (Lipinski definition) is 5. The van der Waals surface area contributed by atoms with E-state index >= 15 is 0 Å². The molecule has 3 aromatic carbocycles. The first-order valence-electron chi connectivity index (χ1n) is 13.4. The summed E-state index contributed by atoms with van der Waals surface area (Å²) >= 11 is 3.70. The number of fused-ring (bicyclic) bond motifs is 1. The Morgan fingerprint density at radius 2 is 1.60 bits per heavy atom. The van der Waals surface area contributed by atoms with Gasteiger partial charge in [-0.25, -0.2) is 0 Å². The number of anilines is 1. The predicted octanol–water partition coefficient (Wildman–Crippen LogP) is 3.42. The van der Waals surface area contributed by atoms with Crippen LogP contribution in [0.25, 0.3) is 0 Å². The smallest absolute Gasteiger partial charge is 0.246 e. The van der Waals surface area contributed by atoms with Crippen LogP contribution in [0.1, 0.15) is 23.6 Å². The van der Waals surface area contributed by atoms with Crippen LogP contribution in [0, 0.1) is 11.8 Å². The summed E-state index contributed by atoms with van der Waals surface area (Å²) in [6, 6.07) is 25.9. The second-order valence-electron chi connectivity index (χ2n) is 10.6. The summed E-state index contributed by atoms with van der Waals surface area (Å²) < 4.78 is 6.57. The van der Waals surface area contributed by atoms with Crippen molar-refractivity contribution < 1.29 is 24.2 Å². The molecule has 0 aromatic heterocycles. The Morgan fingerprint density at radius 3 is 2.25 bits per heavy atom. The molecule has 3 heterocycles. The highest BCUT2D eigenvalue weighted by atomic mass is 79.9. The van der Waals surface area contributed by atoms with E-state index in [4.69, 9.17) is 4.74 Å². The topological polar surface area (TPSA) is 108 Å². The van der Waals surface area contributed by atoms with Gasteiger partial charge in [0, 0.05) is 17.1 Å². The fourth-order valence-corrected chi connectivity index (χ4v) is 7.60. The maximum atomic E-state index is 14.4. The van der Waals surface area contributed by atoms with Crippen molar-refractivity contribution in [3.63, 3.8) is 0 Å². The van der Waals surface area contributed by atoms with Gasteiger partial charge in [-0.3, -0.25) is 14.4 Å². The number of ether oxygens (including phenoxy) is 1. The maximum Gasteiger partial charge on any atom is 0.246 e. The molecule has 0 saturated carbocycles. The highest BCUT2D eigenvalue weighted by molar-refractivity contribution is 9.09. The molecule has 3 unspecified atom stereocenters. The lowest BCUT2D eigenvalue weighted by Gasteiger charge is -2.37. The molecule has 3 aliphatic rings. The van der Waals surface area contributed by atoms with Crippen LogP contribution in [-0.2, 0) is 25.7 Å². The van der Waals surface area contributed by atoms with Crippen LogP contribution in [0.2, 0.25) is 0 Å². The molecular weight excluding hydrogens is 574 g/mol. The number of alkyl halides is 1. The highest BCUT2D eigenvalue weighted by Crippen LogP contribution is 2.61. The third kappa shape index (κ3) is 4.42. The largest absolute Gasteiger partial charge is 0.394 e. The molecule has 3 N–H and O–H groups in total. The Balaban J connectivity index is 1.39. The summed E-state index contributed by atoms with van der Waals surface area (Å²) in [7, 11) is 0. The van der Waals surface area contributed by atoms with E-state index in [1.807, 2.05) is 78.9 Å². The molecule has 9 heteroatoms. The number of nitrogens with zero attached hydrogens (tertiary/aromatic N) is 1. The van der Waals surface area contributed by atoms with Crippen molar-refractivity contribution in [3.8, 4) is 0 Å². The highest BCUT2D eigenvalue weighted by Gasteiger charge is 2.77. The Morgan fingerprint density at radius 1 is 0.975 bits per heavy atom. The Kier molecular flexibility index (Phi) is 7.20. The number of carbonyl (C=O) groups is 3. The van der Waals surface area contributed by atoms with Gasteiger partial charge >= 0.3 is 0 Å². The average molecular weight is 605 g/mol. The number of rotatable bonds is 8. The van der Waals surface area contributed by atoms with Crippen LogP contribution < -0.4 is 10.6 Å². The van der Waals surface area contributed by atoms with E-state index in [0.29, 0.717) is 17.7 Å². The van der Waals surface area contributed by atoms with Gasteiger partial charge in [-0.15, -0.1) is 0 Å². The van der Waals surface area contributed by atoms with Crippen molar-refractivity contribution in [1.82, 2.24) is 10.2 Å². The zero-order chi connectivity index (χ0) is 27.9. The predicted molar refractivity (Wildman–Crippen MR) is 152 cm³/mol. The fourth-order valence-electron chi connectivity index (χ4n) is 6.66. The molecule has 3 fully saturated rings. The lowest BCUT2D eigenvalue weighted by molar-refractivity contribution is -0.145. The second-order valence-corrected chi connectivity index (χ2v) is 11.8. The van der Waals surface area contributed by atoms with E-state index in [1.165, 1.54) is 4.90 Å². The first-order valence-corrected chi connectivity index (χ1v) is 14.3. The standard InChI is InChI=1S/C31H30BrN3O5/c32-22-16-31-25(24(26(22)40-31)28(37)34-21-14-8-3-9-15-21)30(39)35(23(18-36)20-12-6-2-7-13-20)27(31)29(38)33-17-19-10-4-1-5-11-19/h1-15,22-27,36H,16-18H2,(H,33,38)(H,34,37)/t22?,23-,24+,25+,26+,27?,31?/m1/s1. The summed E-state index contributed by atoms with van der Waals surface area (Å²) in [4.78, 5) is 43.4. The van der Waals surface area contributed by atoms with Crippen molar-refractivity contribution >= 4 is 39.3 Å². The van der Waals surface area contributed by atoms with Crippen molar-refractivity contribution in [1.29, 1.82) is 0 Å². The van der Waals surface area contributed by atoms with Gasteiger partial charge in [0.15, 0.2) is 0 Å². The molecule has 3 amide bonds. The van der Waals surface area contributed by atoms with Crippen LogP contribution in [-0.4, -0.2) is 56.9 Å². The van der Waals surface area contributed by atoms with Gasteiger partial charge in [0.05, 0.1) is 30.6 Å². The molecule has 1 spiro atoms. The number of amides is 3. The summed E-state index contributed by atoms with van der Waals surface area (Å²) in [5.41, 5.74) is 1.01. The number of benzene rings is 3. The molecule has 3 aromatic rings. The number of nitrogens with one attached hydrogen (secondary N) is 2. The quantitative estimate of drug-likeness (QED) is 0.342. The van der Waals surface area contributed by atoms with Gasteiger partial charge < -0.3 is 25.4 Å². The van der Waals surface area contributed by atoms with E-state index in [0.717, 1.165) is 5.56 Å². The van der Waals surface area contributed by atoms with Crippen molar-refractivity contribution in [2.75, 3.05) is 11.9 Å². The Labute approximate surface area is 240 Å². The van der Waals surface area contributed by atoms with Gasteiger partial charge in [0.25, 0.3) is 0 Å². The maximum absolute atomic E-state index is 14.4. The van der Waals surface area contributed by atoms with Crippen molar-refractivity contribution in [2.45, 2.75) is 41.6 Å². The van der Waals surface area contributed by atoms with Crippen LogP contribution in [0.5, 0.6) is 0 Å². The molecule has 7 atom stereocenters. The van der Waals surface area contributed by atoms with E-state index < -0.39 is 35.6 Å². The summed E-state index contributed by atoms with van der Waals surface area (Å²) in [5, 5.41) is 16.5. The van der Waals surface area contributed by atoms with Gasteiger partial charge in [-0.05, 0) is 29.7 Å². The summed E-state index contributed by atoms with van der Waals surface area (Å²) in [5.74, 6) is -2.75. The van der Waals surface area contributed by atoms with E-state index in [2.05, 4.69) is 26.6 Å². The van der Waals surface area contributed by atoms with Gasteiger partial charge in [-0.1, -0.05) is 94.8 Å². The molecule has 206 valence electrons. The molecule has 40 heavy (non-hydrogen) atoms. The number of aliphatic hydroxyl groups is 1. The number of carbonyl (C=O) groups excluding carboxylic acids is 3. The number of likely N-dealkylation sites (tertiary alicyclic amines) is 1. The molecule has 0 radical (unpaired) electrons. The molecule has 0 aliphatic carbocycles. The minimum atomic E-state index is -1.22.